The number of aliphatic hydroxyl groups is 1. The second kappa shape index (κ2) is 6.84. The lowest BCUT2D eigenvalue weighted by atomic mass is 9.97. The summed E-state index contributed by atoms with van der Waals surface area (Å²) in [6.07, 6.45) is 3.64. The first-order chi connectivity index (χ1) is 9.61. The summed E-state index contributed by atoms with van der Waals surface area (Å²) in [7, 11) is 0. The van der Waals surface area contributed by atoms with Crippen molar-refractivity contribution in [2.45, 2.75) is 39.2 Å². The highest BCUT2D eigenvalue weighted by molar-refractivity contribution is 5.72. The first-order valence-corrected chi connectivity index (χ1v) is 7.51. The average molecular weight is 278 g/mol. The molecule has 0 aliphatic heterocycles. The Kier molecular flexibility index (Phi) is 5.12. The molecule has 0 bridgehead atoms. The van der Waals surface area contributed by atoms with Crippen LogP contribution in [-0.2, 0) is 0 Å². The number of nitrogens with one attached hydrogen (secondary N) is 1. The number of hydrogen-bond donors (Lipinski definition) is 3. The van der Waals surface area contributed by atoms with Crippen molar-refractivity contribution >= 4 is 11.4 Å². The van der Waals surface area contributed by atoms with E-state index in [-0.39, 0.29) is 6.10 Å². The summed E-state index contributed by atoms with van der Waals surface area (Å²) < 4.78 is 5.69. The van der Waals surface area contributed by atoms with Gasteiger partial charge in [-0.05, 0) is 50.7 Å². The van der Waals surface area contributed by atoms with E-state index in [1.165, 1.54) is 12.8 Å². The van der Waals surface area contributed by atoms with Crippen molar-refractivity contribution in [2.75, 3.05) is 24.2 Å². The minimum absolute atomic E-state index is 0.112. The molecule has 112 valence electrons. The van der Waals surface area contributed by atoms with Crippen LogP contribution in [0.5, 0.6) is 5.75 Å². The van der Waals surface area contributed by atoms with Gasteiger partial charge in [0.25, 0.3) is 0 Å². The fraction of sp³-hybridized carbons (Fsp3) is 0.625. The Labute approximate surface area is 121 Å². The Bertz CT molecular complexity index is 434. The highest BCUT2D eigenvalue weighted by Gasteiger charge is 2.26. The first kappa shape index (κ1) is 15.0. The lowest BCUT2D eigenvalue weighted by Crippen LogP contribution is -2.21. The van der Waals surface area contributed by atoms with Crippen LogP contribution in [0.1, 0.15) is 33.1 Å². The fourth-order valence-electron chi connectivity index (χ4n) is 2.92. The average Bonchev–Trinajstić information content (AvgIpc) is 2.86. The zero-order valence-corrected chi connectivity index (χ0v) is 12.4. The summed E-state index contributed by atoms with van der Waals surface area (Å²) in [4.78, 5) is 0. The van der Waals surface area contributed by atoms with Gasteiger partial charge in [0.1, 0.15) is 5.75 Å². The monoisotopic (exact) mass is 278 g/mol. The van der Waals surface area contributed by atoms with E-state index < -0.39 is 0 Å². The number of para-hydroxylation sites is 1. The molecule has 4 nitrogen and oxygen atoms in total. The van der Waals surface area contributed by atoms with Crippen LogP contribution in [0.15, 0.2) is 18.2 Å². The molecule has 0 amide bonds. The van der Waals surface area contributed by atoms with E-state index in [0.717, 1.165) is 24.4 Å². The van der Waals surface area contributed by atoms with Crippen LogP contribution >= 0.6 is 0 Å². The van der Waals surface area contributed by atoms with Crippen molar-refractivity contribution in [2.24, 2.45) is 11.8 Å². The lowest BCUT2D eigenvalue weighted by Gasteiger charge is -2.20. The summed E-state index contributed by atoms with van der Waals surface area (Å²) in [6.45, 7) is 5.13. The highest BCUT2D eigenvalue weighted by atomic mass is 16.5. The summed E-state index contributed by atoms with van der Waals surface area (Å²) in [6, 6.07) is 5.83. The van der Waals surface area contributed by atoms with Crippen molar-refractivity contribution in [1.82, 2.24) is 0 Å². The number of hydrogen-bond acceptors (Lipinski definition) is 4. The molecule has 1 saturated carbocycles. The summed E-state index contributed by atoms with van der Waals surface area (Å²) in [5.41, 5.74) is 7.74. The van der Waals surface area contributed by atoms with Gasteiger partial charge < -0.3 is 20.9 Å². The van der Waals surface area contributed by atoms with Gasteiger partial charge >= 0.3 is 0 Å². The zero-order valence-electron chi connectivity index (χ0n) is 12.4. The topological polar surface area (TPSA) is 67.5 Å². The van der Waals surface area contributed by atoms with Gasteiger partial charge in [-0.1, -0.05) is 12.5 Å². The van der Waals surface area contributed by atoms with Gasteiger partial charge in [-0.15, -0.1) is 0 Å². The third kappa shape index (κ3) is 3.57. The van der Waals surface area contributed by atoms with E-state index >= 15 is 0 Å². The van der Waals surface area contributed by atoms with Crippen molar-refractivity contribution in [3.05, 3.63) is 18.2 Å². The molecule has 20 heavy (non-hydrogen) atoms. The van der Waals surface area contributed by atoms with E-state index in [4.69, 9.17) is 10.5 Å². The molecular weight excluding hydrogens is 252 g/mol. The standard InChI is InChI=1S/C16H26N2O2/c1-11(2)20-15-8-4-7-14(16(15)17)18-9-12-5-3-6-13(12)10-19/h4,7-8,11-13,18-19H,3,5-6,9-10,17H2,1-2H3. The molecule has 1 aliphatic carbocycles. The Balaban J connectivity index is 1.99. The van der Waals surface area contributed by atoms with Crippen LogP contribution in [0.3, 0.4) is 0 Å². The van der Waals surface area contributed by atoms with Gasteiger partial charge in [0.15, 0.2) is 0 Å². The van der Waals surface area contributed by atoms with Crippen LogP contribution in [-0.4, -0.2) is 24.4 Å². The van der Waals surface area contributed by atoms with Gasteiger partial charge in [-0.25, -0.2) is 0 Å². The fourth-order valence-corrected chi connectivity index (χ4v) is 2.92. The second-order valence-corrected chi connectivity index (χ2v) is 5.90. The van der Waals surface area contributed by atoms with Gasteiger partial charge in [0.2, 0.25) is 0 Å². The molecule has 1 aromatic rings. The first-order valence-electron chi connectivity index (χ1n) is 7.51. The van der Waals surface area contributed by atoms with Crippen molar-refractivity contribution in [3.8, 4) is 5.75 Å². The van der Waals surface area contributed by atoms with Crippen molar-refractivity contribution in [3.63, 3.8) is 0 Å². The van der Waals surface area contributed by atoms with Crippen LogP contribution < -0.4 is 15.8 Å². The number of benzene rings is 1. The molecule has 2 rings (SSSR count). The van der Waals surface area contributed by atoms with E-state index in [1.54, 1.807) is 0 Å². The van der Waals surface area contributed by atoms with E-state index in [0.29, 0.717) is 24.1 Å². The normalized spacial score (nSPS) is 22.2. The van der Waals surface area contributed by atoms with Crippen molar-refractivity contribution in [1.29, 1.82) is 0 Å². The molecule has 0 aromatic heterocycles. The Morgan fingerprint density at radius 2 is 2.10 bits per heavy atom. The molecule has 1 fully saturated rings. The maximum absolute atomic E-state index is 9.36. The summed E-state index contributed by atoms with van der Waals surface area (Å²) in [5, 5.41) is 12.8. The largest absolute Gasteiger partial charge is 0.489 e. The molecule has 0 radical (unpaired) electrons. The third-order valence-electron chi connectivity index (χ3n) is 4.03. The molecule has 1 aromatic carbocycles. The Hall–Kier alpha value is -1.42. The predicted molar refractivity (Wildman–Crippen MR) is 83.0 cm³/mol. The number of nitrogen functional groups attached to an aromatic ring is 1. The Morgan fingerprint density at radius 3 is 2.80 bits per heavy atom. The summed E-state index contributed by atoms with van der Waals surface area (Å²) >= 11 is 0. The molecule has 4 heteroatoms. The van der Waals surface area contributed by atoms with E-state index in [1.807, 2.05) is 32.0 Å². The van der Waals surface area contributed by atoms with Gasteiger partial charge in [0, 0.05) is 13.2 Å². The highest BCUT2D eigenvalue weighted by Crippen LogP contribution is 2.34. The van der Waals surface area contributed by atoms with Crippen LogP contribution in [0, 0.1) is 11.8 Å². The molecule has 0 spiro atoms. The van der Waals surface area contributed by atoms with Crippen LogP contribution in [0.2, 0.25) is 0 Å². The minimum atomic E-state index is 0.112. The number of ether oxygens (including phenoxy) is 1. The van der Waals surface area contributed by atoms with Crippen molar-refractivity contribution < 1.29 is 9.84 Å². The maximum atomic E-state index is 9.36. The molecule has 2 unspecified atom stereocenters. The smallest absolute Gasteiger partial charge is 0.144 e. The quantitative estimate of drug-likeness (QED) is 0.700. The number of aliphatic hydroxyl groups excluding tert-OH is 1. The summed E-state index contributed by atoms with van der Waals surface area (Å²) in [5.74, 6) is 1.70. The molecule has 0 heterocycles. The number of rotatable bonds is 6. The molecule has 4 N–H and O–H groups in total. The van der Waals surface area contributed by atoms with E-state index in [9.17, 15) is 5.11 Å². The van der Waals surface area contributed by atoms with Gasteiger partial charge in [-0.3, -0.25) is 0 Å². The second-order valence-electron chi connectivity index (χ2n) is 5.90. The molecule has 0 saturated heterocycles. The van der Waals surface area contributed by atoms with Gasteiger partial charge in [0.05, 0.1) is 17.5 Å². The number of nitrogens with two attached hydrogens (primary N) is 1. The molecule has 1 aliphatic rings. The third-order valence-corrected chi connectivity index (χ3v) is 4.03. The van der Waals surface area contributed by atoms with Crippen LogP contribution in [0.4, 0.5) is 11.4 Å². The minimum Gasteiger partial charge on any atom is -0.489 e. The molecule has 2 atom stereocenters. The molecular formula is C16H26N2O2. The number of anilines is 2. The lowest BCUT2D eigenvalue weighted by molar-refractivity contribution is 0.199. The van der Waals surface area contributed by atoms with Crippen LogP contribution in [0.25, 0.3) is 0 Å². The SMILES string of the molecule is CC(C)Oc1cccc(NCC2CCCC2CO)c1N. The Morgan fingerprint density at radius 1 is 1.35 bits per heavy atom. The van der Waals surface area contributed by atoms with Gasteiger partial charge in [-0.2, -0.15) is 0 Å². The maximum Gasteiger partial charge on any atom is 0.144 e. The van der Waals surface area contributed by atoms with E-state index in [2.05, 4.69) is 5.32 Å². The predicted octanol–water partition coefficient (Wildman–Crippen LogP) is 2.88. The zero-order chi connectivity index (χ0) is 14.5.